The van der Waals surface area contributed by atoms with E-state index in [9.17, 15) is 4.79 Å². The molecule has 0 spiro atoms. The number of benzene rings is 3. The summed E-state index contributed by atoms with van der Waals surface area (Å²) in [5.41, 5.74) is 6.12. The Morgan fingerprint density at radius 3 is 1.85 bits per heavy atom. The number of nitrogens with zero attached hydrogens (tertiary/aromatic N) is 2. The molecule has 1 fully saturated rings. The number of piperidine rings is 1. The van der Waals surface area contributed by atoms with E-state index in [2.05, 4.69) is 103 Å². The van der Waals surface area contributed by atoms with Gasteiger partial charge < -0.3 is 4.90 Å². The van der Waals surface area contributed by atoms with Crippen molar-refractivity contribution in [2.75, 3.05) is 13.1 Å². The van der Waals surface area contributed by atoms with Gasteiger partial charge in [-0.3, -0.25) is 9.69 Å². The van der Waals surface area contributed by atoms with E-state index in [0.29, 0.717) is 6.54 Å². The Bertz CT molecular complexity index is 1080. The van der Waals surface area contributed by atoms with Crippen molar-refractivity contribution < 1.29 is 4.79 Å². The van der Waals surface area contributed by atoms with Crippen molar-refractivity contribution in [1.82, 2.24) is 9.80 Å². The molecule has 1 amide bonds. The van der Waals surface area contributed by atoms with Crippen LogP contribution in [0.5, 0.6) is 0 Å². The maximum absolute atomic E-state index is 13.9. The molecule has 0 aliphatic carbocycles. The minimum atomic E-state index is 0.168. The molecule has 3 nitrogen and oxygen atoms in total. The monoisotopic (exact) mass is 540 g/mol. The molecule has 216 valence electrons. The second kappa shape index (κ2) is 17.7. The molecular formula is C37H52N2O. The highest BCUT2D eigenvalue weighted by molar-refractivity contribution is 5.94. The Hall–Kier alpha value is -2.91. The normalized spacial score (nSPS) is 13.9. The van der Waals surface area contributed by atoms with E-state index in [0.717, 1.165) is 50.9 Å². The van der Waals surface area contributed by atoms with E-state index < -0.39 is 0 Å². The lowest BCUT2D eigenvalue weighted by atomic mass is 9.99. The first-order valence-corrected chi connectivity index (χ1v) is 15.9. The quantitative estimate of drug-likeness (QED) is 0.202. The van der Waals surface area contributed by atoms with Crippen molar-refractivity contribution >= 4 is 5.91 Å². The number of unbranched alkanes of at least 4 members (excludes halogenated alkanes) is 3. The number of hydrogen-bond acceptors (Lipinski definition) is 2. The van der Waals surface area contributed by atoms with Crippen molar-refractivity contribution in [3.63, 3.8) is 0 Å². The molecule has 40 heavy (non-hydrogen) atoms. The maximum Gasteiger partial charge on any atom is 0.254 e. The predicted molar refractivity (Wildman–Crippen MR) is 171 cm³/mol. The van der Waals surface area contributed by atoms with Gasteiger partial charge in [-0.05, 0) is 72.9 Å². The van der Waals surface area contributed by atoms with Crippen LogP contribution in [0, 0.1) is 0 Å². The Labute approximate surface area is 244 Å². The summed E-state index contributed by atoms with van der Waals surface area (Å²) >= 11 is 0. The largest absolute Gasteiger partial charge is 0.331 e. The molecule has 3 heteroatoms. The summed E-state index contributed by atoms with van der Waals surface area (Å²) in [5, 5.41) is 0. The van der Waals surface area contributed by atoms with E-state index in [1.54, 1.807) is 0 Å². The van der Waals surface area contributed by atoms with Crippen molar-refractivity contribution in [1.29, 1.82) is 0 Å². The summed E-state index contributed by atoms with van der Waals surface area (Å²) in [4.78, 5) is 18.6. The number of carbonyl (C=O) groups is 1. The van der Waals surface area contributed by atoms with Crippen molar-refractivity contribution in [3.8, 4) is 0 Å². The van der Waals surface area contributed by atoms with Crippen LogP contribution in [-0.2, 0) is 25.9 Å². The van der Waals surface area contributed by atoms with Crippen molar-refractivity contribution in [2.45, 2.75) is 105 Å². The molecule has 1 aliphatic rings. The van der Waals surface area contributed by atoms with Gasteiger partial charge in [0.15, 0.2) is 0 Å². The molecule has 0 unspecified atom stereocenters. The molecule has 0 radical (unpaired) electrons. The average Bonchev–Trinajstić information content (AvgIpc) is 3.01. The third-order valence-corrected chi connectivity index (χ3v) is 7.97. The predicted octanol–water partition coefficient (Wildman–Crippen LogP) is 9.10. The highest BCUT2D eigenvalue weighted by Gasteiger charge is 2.29. The van der Waals surface area contributed by atoms with Gasteiger partial charge in [0, 0.05) is 37.8 Å². The third kappa shape index (κ3) is 9.93. The van der Waals surface area contributed by atoms with Gasteiger partial charge in [-0.25, -0.2) is 0 Å². The number of aryl methyl sites for hydroxylation is 2. The van der Waals surface area contributed by atoms with Crippen LogP contribution in [-0.4, -0.2) is 34.8 Å². The SMILES string of the molecule is CC.CCCCCc1ccc(C(=O)N(Cc2ccc(CCCC)cc2)C2CCN(Cc3ccccc3)CC2)cc1. The fourth-order valence-corrected chi connectivity index (χ4v) is 5.55. The van der Waals surface area contributed by atoms with Crippen molar-refractivity contribution in [3.05, 3.63) is 107 Å². The zero-order chi connectivity index (χ0) is 28.6. The maximum atomic E-state index is 13.9. The van der Waals surface area contributed by atoms with Gasteiger partial charge in [-0.1, -0.05) is 114 Å². The fourth-order valence-electron chi connectivity index (χ4n) is 5.55. The number of hydrogen-bond donors (Lipinski definition) is 0. The van der Waals surface area contributed by atoms with Gasteiger partial charge in [0.25, 0.3) is 5.91 Å². The first kappa shape index (κ1) is 31.6. The van der Waals surface area contributed by atoms with Crippen LogP contribution in [0.25, 0.3) is 0 Å². The molecule has 3 aromatic rings. The Kier molecular flexibility index (Phi) is 14.0. The summed E-state index contributed by atoms with van der Waals surface area (Å²) in [5.74, 6) is 0.168. The van der Waals surface area contributed by atoms with Crippen LogP contribution in [0.3, 0.4) is 0 Å². The van der Waals surface area contributed by atoms with Crippen LogP contribution in [0.15, 0.2) is 78.9 Å². The van der Waals surface area contributed by atoms with E-state index in [1.807, 2.05) is 13.8 Å². The second-order valence-corrected chi connectivity index (χ2v) is 11.0. The van der Waals surface area contributed by atoms with Crippen LogP contribution in [0.2, 0.25) is 0 Å². The smallest absolute Gasteiger partial charge is 0.254 e. The molecule has 4 rings (SSSR count). The topological polar surface area (TPSA) is 23.6 Å². The third-order valence-electron chi connectivity index (χ3n) is 7.97. The van der Waals surface area contributed by atoms with Gasteiger partial charge in [0.2, 0.25) is 0 Å². The second-order valence-electron chi connectivity index (χ2n) is 11.0. The lowest BCUT2D eigenvalue weighted by Crippen LogP contribution is -2.46. The summed E-state index contributed by atoms with van der Waals surface area (Å²) in [6.07, 6.45) is 10.4. The Morgan fingerprint density at radius 1 is 0.700 bits per heavy atom. The summed E-state index contributed by atoms with van der Waals surface area (Å²) < 4.78 is 0. The highest BCUT2D eigenvalue weighted by atomic mass is 16.2. The summed E-state index contributed by atoms with van der Waals surface area (Å²) in [6.45, 7) is 12.2. The van der Waals surface area contributed by atoms with Crippen LogP contribution >= 0.6 is 0 Å². The van der Waals surface area contributed by atoms with Gasteiger partial charge in [0.05, 0.1) is 0 Å². The van der Waals surface area contributed by atoms with E-state index in [1.165, 1.54) is 54.4 Å². The summed E-state index contributed by atoms with van der Waals surface area (Å²) in [7, 11) is 0. The van der Waals surface area contributed by atoms with Gasteiger partial charge >= 0.3 is 0 Å². The molecule has 1 aliphatic heterocycles. The molecule has 0 bridgehead atoms. The zero-order valence-electron chi connectivity index (χ0n) is 25.6. The minimum Gasteiger partial charge on any atom is -0.331 e. The van der Waals surface area contributed by atoms with E-state index in [4.69, 9.17) is 0 Å². The standard InChI is InChI=1S/C35H46N2O.C2H6/c1-3-5-8-12-30-19-21-33(22-20-30)35(38)37(28-32-17-15-29(16-18-32)11-6-4-2)34-23-25-36(26-24-34)27-31-13-9-7-10-14-31;1-2/h7,9-10,13-22,34H,3-6,8,11-12,23-28H2,1-2H3;1-2H3. The van der Waals surface area contributed by atoms with E-state index in [-0.39, 0.29) is 11.9 Å². The van der Waals surface area contributed by atoms with Gasteiger partial charge in [-0.15, -0.1) is 0 Å². The van der Waals surface area contributed by atoms with Gasteiger partial charge in [-0.2, -0.15) is 0 Å². The summed E-state index contributed by atoms with van der Waals surface area (Å²) in [6, 6.07) is 28.4. The number of carbonyl (C=O) groups excluding carboxylic acids is 1. The molecular weight excluding hydrogens is 488 g/mol. The minimum absolute atomic E-state index is 0.168. The molecule has 1 saturated heterocycles. The molecule has 3 aromatic carbocycles. The van der Waals surface area contributed by atoms with Crippen LogP contribution < -0.4 is 0 Å². The van der Waals surface area contributed by atoms with Gasteiger partial charge in [0.1, 0.15) is 0 Å². The molecule has 0 saturated carbocycles. The van der Waals surface area contributed by atoms with E-state index >= 15 is 0 Å². The molecule has 0 atom stereocenters. The first-order chi connectivity index (χ1) is 19.7. The lowest BCUT2D eigenvalue weighted by Gasteiger charge is -2.39. The zero-order valence-corrected chi connectivity index (χ0v) is 25.6. The van der Waals surface area contributed by atoms with Crippen LogP contribution in [0.1, 0.15) is 105 Å². The molecule has 1 heterocycles. The number of rotatable bonds is 13. The Balaban J connectivity index is 0.00000216. The first-order valence-electron chi connectivity index (χ1n) is 15.9. The van der Waals surface area contributed by atoms with Crippen LogP contribution in [0.4, 0.5) is 0 Å². The Morgan fingerprint density at radius 2 is 1.25 bits per heavy atom. The fraction of sp³-hybridized carbons (Fsp3) is 0.486. The average molecular weight is 541 g/mol. The highest BCUT2D eigenvalue weighted by Crippen LogP contribution is 2.24. The van der Waals surface area contributed by atoms with Crippen molar-refractivity contribution in [2.24, 2.45) is 0 Å². The number of amides is 1. The number of likely N-dealkylation sites (tertiary alicyclic amines) is 1. The lowest BCUT2D eigenvalue weighted by molar-refractivity contribution is 0.0543. The molecule has 0 aromatic heterocycles. The molecule has 0 N–H and O–H groups in total.